The number of hydrogen-bond acceptors (Lipinski definition) is 2. The Hall–Kier alpha value is -8.55. The van der Waals surface area contributed by atoms with E-state index in [4.69, 9.17) is 4.42 Å². The molecule has 3 heterocycles. The predicted octanol–water partition coefficient (Wildman–Crippen LogP) is 11.4. The van der Waals surface area contributed by atoms with E-state index in [1.54, 1.807) is 0 Å². The summed E-state index contributed by atoms with van der Waals surface area (Å²) in [5, 5.41) is 13.5. The summed E-state index contributed by atoms with van der Waals surface area (Å²) >= 11 is 0. The van der Waals surface area contributed by atoms with E-state index in [2.05, 4.69) is 272 Å². The third kappa shape index (κ3) is 5.91. The minimum absolute atomic E-state index is 0.883. The molecule has 0 saturated carbocycles. The van der Waals surface area contributed by atoms with Crippen molar-refractivity contribution in [2.24, 2.45) is 0 Å². The summed E-state index contributed by atoms with van der Waals surface area (Å²) in [4.78, 5) is 2.45. The maximum absolute atomic E-state index is 6.40. The normalized spacial score (nSPS) is 13.7. The molecule has 12 aromatic rings. The van der Waals surface area contributed by atoms with Gasteiger partial charge in [-0.3, -0.25) is 0 Å². The lowest BCUT2D eigenvalue weighted by Crippen LogP contribution is -2.72. The van der Waals surface area contributed by atoms with Crippen molar-refractivity contribution in [2.45, 2.75) is 0 Å². The molecular formula is C66H45NOSi2. The molecule has 0 spiro atoms. The first-order valence-corrected chi connectivity index (χ1v) is 28.2. The van der Waals surface area contributed by atoms with Gasteiger partial charge in [-0.15, -0.1) is 0 Å². The Balaban J connectivity index is 0.947. The van der Waals surface area contributed by atoms with Crippen LogP contribution < -0.4 is 46.4 Å². The molecule has 0 unspecified atom stereocenters. The highest BCUT2D eigenvalue weighted by Gasteiger charge is 2.50. The Morgan fingerprint density at radius 1 is 0.257 bits per heavy atom. The van der Waals surface area contributed by atoms with Crippen LogP contribution in [0.2, 0.25) is 0 Å². The van der Waals surface area contributed by atoms with Crippen molar-refractivity contribution < 1.29 is 4.42 Å². The van der Waals surface area contributed by atoms with E-state index >= 15 is 0 Å². The maximum atomic E-state index is 6.40. The number of fused-ring (bicyclic) bond motifs is 9. The first-order chi connectivity index (χ1) is 34.7. The maximum Gasteiger partial charge on any atom is 0.180 e. The van der Waals surface area contributed by atoms with E-state index in [1.807, 2.05) is 6.07 Å². The first kappa shape index (κ1) is 40.5. The third-order valence-electron chi connectivity index (χ3n) is 15.2. The lowest BCUT2D eigenvalue weighted by molar-refractivity contribution is 0.669. The predicted molar refractivity (Wildman–Crippen MR) is 299 cm³/mol. The molecule has 0 bridgehead atoms. The highest BCUT2D eigenvalue weighted by molar-refractivity contribution is 7.23. The molecule has 0 amide bonds. The molecule has 0 fully saturated rings. The molecule has 2 aliphatic rings. The molecule has 4 heteroatoms. The van der Waals surface area contributed by atoms with Crippen molar-refractivity contribution in [1.29, 1.82) is 0 Å². The summed E-state index contributed by atoms with van der Waals surface area (Å²) in [5.74, 6) is 0. The van der Waals surface area contributed by atoms with Gasteiger partial charge in [0.15, 0.2) is 16.1 Å². The Labute approximate surface area is 410 Å². The molecule has 0 N–H and O–H groups in total. The molecule has 1 aromatic heterocycles. The molecule has 0 saturated heterocycles. The standard InChI is InChI=1S/C66H45NOSi2/c1-4-20-51(21-5-1)69(52-22-6-2-7-23-52)63-32-15-13-30-58(63)59-41-39-50(45-66(59)69)67(49-40-42-62-60(44-49)55-27-10-14-31-61(55)68-62)48-37-35-46(36-38-48)47-19-18-26-54(43-47)70(53-24-8-3-9-25-53)64-33-16-11-28-56(64)57-29-12-17-34-65(57)70/h1-45H. The van der Waals surface area contributed by atoms with E-state index in [9.17, 15) is 0 Å². The second-order valence-corrected chi connectivity index (χ2v) is 26.2. The fourth-order valence-electron chi connectivity index (χ4n) is 12.3. The Morgan fingerprint density at radius 2 is 0.700 bits per heavy atom. The molecule has 0 radical (unpaired) electrons. The summed E-state index contributed by atoms with van der Waals surface area (Å²) in [5.41, 5.74) is 12.8. The van der Waals surface area contributed by atoms with Crippen molar-refractivity contribution in [1.82, 2.24) is 0 Å². The van der Waals surface area contributed by atoms with Gasteiger partial charge >= 0.3 is 0 Å². The summed E-state index contributed by atoms with van der Waals surface area (Å²) in [6.07, 6.45) is 0. The van der Waals surface area contributed by atoms with E-state index in [1.165, 1.54) is 74.9 Å². The smallest absolute Gasteiger partial charge is 0.180 e. The Morgan fingerprint density at radius 3 is 1.30 bits per heavy atom. The number of rotatable bonds is 8. The van der Waals surface area contributed by atoms with Gasteiger partial charge in [-0.05, 0) is 123 Å². The van der Waals surface area contributed by atoms with Gasteiger partial charge in [-0.25, -0.2) is 0 Å². The highest BCUT2D eigenvalue weighted by Crippen LogP contribution is 2.41. The van der Waals surface area contributed by atoms with Crippen molar-refractivity contribution in [3.63, 3.8) is 0 Å². The van der Waals surface area contributed by atoms with Gasteiger partial charge in [-0.2, -0.15) is 0 Å². The molecule has 70 heavy (non-hydrogen) atoms. The van der Waals surface area contributed by atoms with E-state index < -0.39 is 16.1 Å². The highest BCUT2D eigenvalue weighted by atomic mass is 28.3. The number of nitrogens with zero attached hydrogens (tertiary/aromatic N) is 1. The van der Waals surface area contributed by atoms with Crippen molar-refractivity contribution in [3.8, 4) is 33.4 Å². The van der Waals surface area contributed by atoms with Gasteiger partial charge in [0, 0.05) is 27.8 Å². The van der Waals surface area contributed by atoms with Gasteiger partial charge in [0.25, 0.3) is 0 Å². The molecule has 14 rings (SSSR count). The van der Waals surface area contributed by atoms with Crippen molar-refractivity contribution in [3.05, 3.63) is 273 Å². The molecule has 2 aliphatic heterocycles. The zero-order valence-corrected chi connectivity index (χ0v) is 40.3. The Bertz CT molecular complexity index is 3870. The van der Waals surface area contributed by atoms with Gasteiger partial charge < -0.3 is 9.32 Å². The largest absolute Gasteiger partial charge is 0.456 e. The second kappa shape index (κ2) is 16.0. The summed E-state index contributed by atoms with van der Waals surface area (Å²) in [6, 6.07) is 102. The van der Waals surface area contributed by atoms with Gasteiger partial charge in [0.05, 0.1) is 0 Å². The minimum atomic E-state index is -2.76. The van der Waals surface area contributed by atoms with Crippen LogP contribution in [-0.4, -0.2) is 16.1 Å². The lowest BCUT2D eigenvalue weighted by atomic mass is 10.0. The number of furan rings is 1. The molecule has 11 aromatic carbocycles. The fourth-order valence-corrected chi connectivity index (χ4v) is 22.7. The zero-order valence-electron chi connectivity index (χ0n) is 38.3. The second-order valence-electron chi connectivity index (χ2n) is 18.7. The van der Waals surface area contributed by atoms with E-state index in [0.717, 1.165) is 39.0 Å². The van der Waals surface area contributed by atoms with Crippen LogP contribution in [0.25, 0.3) is 55.3 Å². The van der Waals surface area contributed by atoms with Crippen LogP contribution in [-0.2, 0) is 0 Å². The molecule has 0 atom stereocenters. The van der Waals surface area contributed by atoms with Gasteiger partial charge in [-0.1, -0.05) is 224 Å². The number of hydrogen-bond donors (Lipinski definition) is 0. The summed E-state index contributed by atoms with van der Waals surface area (Å²) in [6.45, 7) is 0. The zero-order chi connectivity index (χ0) is 46.2. The van der Waals surface area contributed by atoms with Gasteiger partial charge in [0.1, 0.15) is 11.2 Å². The number of para-hydroxylation sites is 1. The van der Waals surface area contributed by atoms with Gasteiger partial charge in [0.2, 0.25) is 0 Å². The molecule has 2 nitrogen and oxygen atoms in total. The fraction of sp³-hybridized carbons (Fsp3) is 0. The van der Waals surface area contributed by atoms with Crippen LogP contribution in [0.3, 0.4) is 0 Å². The van der Waals surface area contributed by atoms with Crippen LogP contribution in [0, 0.1) is 0 Å². The minimum Gasteiger partial charge on any atom is -0.456 e. The SMILES string of the molecule is c1ccc([Si]2(c3cccc(-c4ccc(N(c5ccc6c(c5)[Si](c5ccccc5)(c5ccccc5)c5ccccc5-6)c5ccc6oc7ccccc7c6c5)cc4)c3)c3ccccc3-c3ccccc32)cc1. The van der Waals surface area contributed by atoms with E-state index in [0.29, 0.717) is 0 Å². The molecule has 0 aliphatic carbocycles. The third-order valence-corrected chi connectivity index (χ3v) is 25.0. The molecular weight excluding hydrogens is 879 g/mol. The van der Waals surface area contributed by atoms with Crippen LogP contribution in [0.1, 0.15) is 0 Å². The average Bonchev–Trinajstić information content (AvgIpc) is 4.07. The van der Waals surface area contributed by atoms with Crippen LogP contribution >= 0.6 is 0 Å². The first-order valence-electron chi connectivity index (χ1n) is 24.2. The summed E-state index contributed by atoms with van der Waals surface area (Å²) in [7, 11) is -5.41. The number of anilines is 3. The van der Waals surface area contributed by atoms with Crippen molar-refractivity contribution >= 4 is 96.6 Å². The lowest BCUT2D eigenvalue weighted by Gasteiger charge is -2.33. The Kier molecular flexibility index (Phi) is 9.28. The average molecular weight is 924 g/mol. The monoisotopic (exact) mass is 923 g/mol. The number of benzene rings is 11. The van der Waals surface area contributed by atoms with Crippen LogP contribution in [0.5, 0.6) is 0 Å². The van der Waals surface area contributed by atoms with Crippen LogP contribution in [0.15, 0.2) is 277 Å². The van der Waals surface area contributed by atoms with E-state index in [-0.39, 0.29) is 0 Å². The molecule has 328 valence electrons. The topological polar surface area (TPSA) is 16.4 Å². The quantitative estimate of drug-likeness (QED) is 0.141. The van der Waals surface area contributed by atoms with Crippen LogP contribution in [0.4, 0.5) is 17.1 Å². The summed E-state index contributed by atoms with van der Waals surface area (Å²) < 4.78 is 6.40. The van der Waals surface area contributed by atoms with Crippen molar-refractivity contribution in [2.75, 3.05) is 4.90 Å².